The Morgan fingerprint density at radius 3 is 2.19 bits per heavy atom. The number of carbonyl (C=O) groups excluding carboxylic acids is 2. The van der Waals surface area contributed by atoms with Crippen molar-refractivity contribution in [1.29, 1.82) is 0 Å². The fraction of sp³-hybridized carbons (Fsp3) is 0.364. The van der Waals surface area contributed by atoms with Crippen LogP contribution in [-0.4, -0.2) is 17.9 Å². The van der Waals surface area contributed by atoms with Gasteiger partial charge in [-0.2, -0.15) is 0 Å². The van der Waals surface area contributed by atoms with E-state index in [1.54, 1.807) is 0 Å². The molecule has 4 nitrogen and oxygen atoms in total. The van der Waals surface area contributed by atoms with Crippen LogP contribution < -0.4 is 10.6 Å². The highest BCUT2D eigenvalue weighted by atomic mass is 16.2. The fourth-order valence-corrected chi connectivity index (χ4v) is 3.57. The molecule has 0 aromatic heterocycles. The topological polar surface area (TPSA) is 58.2 Å². The predicted molar refractivity (Wildman–Crippen MR) is 103 cm³/mol. The van der Waals surface area contributed by atoms with Gasteiger partial charge in [-0.15, -0.1) is 0 Å². The first-order valence-corrected chi connectivity index (χ1v) is 9.31. The van der Waals surface area contributed by atoms with Gasteiger partial charge in [-0.1, -0.05) is 42.5 Å². The molecule has 136 valence electrons. The quantitative estimate of drug-likeness (QED) is 0.862. The highest BCUT2D eigenvalue weighted by molar-refractivity contribution is 5.94. The second kappa shape index (κ2) is 8.65. The molecular formula is C22H26N2O2. The summed E-state index contributed by atoms with van der Waals surface area (Å²) in [6, 6.07) is 18.3. The van der Waals surface area contributed by atoms with Gasteiger partial charge in [-0.05, 0) is 54.9 Å². The smallest absolute Gasteiger partial charge is 0.251 e. The molecule has 2 aromatic rings. The Kier molecular flexibility index (Phi) is 6.05. The molecule has 0 bridgehead atoms. The molecule has 2 N–H and O–H groups in total. The van der Waals surface area contributed by atoms with Gasteiger partial charge in [0.25, 0.3) is 5.91 Å². The van der Waals surface area contributed by atoms with Crippen LogP contribution in [0.25, 0.3) is 0 Å². The minimum atomic E-state index is -0.0575. The van der Waals surface area contributed by atoms with Crippen molar-refractivity contribution in [2.45, 2.75) is 51.1 Å². The Balaban J connectivity index is 1.49. The van der Waals surface area contributed by atoms with Crippen LogP contribution in [0.15, 0.2) is 54.6 Å². The largest absolute Gasteiger partial charge is 0.352 e. The Morgan fingerprint density at radius 2 is 1.58 bits per heavy atom. The third kappa shape index (κ3) is 4.94. The fourth-order valence-electron chi connectivity index (χ4n) is 3.57. The maximum atomic E-state index is 12.5. The van der Waals surface area contributed by atoms with E-state index in [0.717, 1.165) is 31.2 Å². The number of hydrogen-bond acceptors (Lipinski definition) is 2. The van der Waals surface area contributed by atoms with Gasteiger partial charge in [0.15, 0.2) is 0 Å². The molecule has 0 heterocycles. The van der Waals surface area contributed by atoms with E-state index in [1.807, 2.05) is 24.3 Å². The van der Waals surface area contributed by atoms with Gasteiger partial charge in [0.05, 0.1) is 0 Å². The van der Waals surface area contributed by atoms with Crippen molar-refractivity contribution in [3.05, 3.63) is 71.3 Å². The molecular weight excluding hydrogens is 324 g/mol. The zero-order valence-corrected chi connectivity index (χ0v) is 15.2. The Morgan fingerprint density at radius 1 is 0.923 bits per heavy atom. The van der Waals surface area contributed by atoms with E-state index in [9.17, 15) is 9.59 Å². The molecule has 3 rings (SSSR count). The summed E-state index contributed by atoms with van der Waals surface area (Å²) < 4.78 is 0. The van der Waals surface area contributed by atoms with Crippen molar-refractivity contribution < 1.29 is 9.59 Å². The van der Waals surface area contributed by atoms with Crippen LogP contribution in [0.2, 0.25) is 0 Å². The summed E-state index contributed by atoms with van der Waals surface area (Å²) in [5.41, 5.74) is 3.06. The highest BCUT2D eigenvalue weighted by Crippen LogP contribution is 2.32. The summed E-state index contributed by atoms with van der Waals surface area (Å²) in [7, 11) is 0. The lowest BCUT2D eigenvalue weighted by atomic mass is 9.82. The van der Waals surface area contributed by atoms with Crippen LogP contribution in [0.3, 0.4) is 0 Å². The molecule has 0 saturated heterocycles. The lowest BCUT2D eigenvalue weighted by Gasteiger charge is -2.29. The molecule has 0 radical (unpaired) electrons. The monoisotopic (exact) mass is 350 g/mol. The van der Waals surface area contributed by atoms with Crippen LogP contribution in [0.5, 0.6) is 0 Å². The summed E-state index contributed by atoms with van der Waals surface area (Å²) in [6.07, 6.45) is 4.27. The summed E-state index contributed by atoms with van der Waals surface area (Å²) in [6.45, 7) is 1.98. The highest BCUT2D eigenvalue weighted by Gasteiger charge is 2.23. The van der Waals surface area contributed by atoms with Crippen LogP contribution in [0.1, 0.15) is 60.0 Å². The Bertz CT molecular complexity index is 732. The summed E-state index contributed by atoms with van der Waals surface area (Å²) in [5, 5.41) is 5.92. The average Bonchev–Trinajstić information content (AvgIpc) is 2.68. The van der Waals surface area contributed by atoms with Gasteiger partial charge in [0, 0.05) is 25.1 Å². The van der Waals surface area contributed by atoms with Gasteiger partial charge in [0.2, 0.25) is 5.91 Å². The van der Waals surface area contributed by atoms with Crippen molar-refractivity contribution >= 4 is 11.8 Å². The maximum Gasteiger partial charge on any atom is 0.251 e. The zero-order valence-electron chi connectivity index (χ0n) is 15.2. The number of nitrogens with one attached hydrogen (secondary N) is 2. The predicted octanol–water partition coefficient (Wildman–Crippen LogP) is 3.78. The van der Waals surface area contributed by atoms with Crippen molar-refractivity contribution in [3.8, 4) is 0 Å². The molecule has 0 aliphatic heterocycles. The normalized spacial score (nSPS) is 19.6. The van der Waals surface area contributed by atoms with Crippen molar-refractivity contribution in [3.63, 3.8) is 0 Å². The number of amides is 2. The number of hydrogen-bond donors (Lipinski definition) is 2. The van der Waals surface area contributed by atoms with Crippen molar-refractivity contribution in [1.82, 2.24) is 10.6 Å². The Hall–Kier alpha value is -2.62. The standard InChI is InChI=1S/C22H26N2O2/c1-16(25)23-15-17-7-9-20(10-8-17)22(26)24-21-13-11-19(12-14-21)18-5-3-2-4-6-18/h2-10,19,21H,11-15H2,1H3,(H,23,25)(H,24,26). The molecule has 4 heteroatoms. The molecule has 1 aliphatic rings. The van der Waals surface area contributed by atoms with E-state index >= 15 is 0 Å². The number of benzene rings is 2. The lowest BCUT2D eigenvalue weighted by molar-refractivity contribution is -0.119. The molecule has 0 atom stereocenters. The van der Waals surface area contributed by atoms with Crippen molar-refractivity contribution in [2.75, 3.05) is 0 Å². The van der Waals surface area contributed by atoms with Gasteiger partial charge in [0.1, 0.15) is 0 Å². The lowest BCUT2D eigenvalue weighted by Crippen LogP contribution is -2.37. The van der Waals surface area contributed by atoms with Gasteiger partial charge >= 0.3 is 0 Å². The minimum Gasteiger partial charge on any atom is -0.352 e. The summed E-state index contributed by atoms with van der Waals surface area (Å²) in [5.74, 6) is 0.537. The number of carbonyl (C=O) groups is 2. The second-order valence-corrected chi connectivity index (χ2v) is 7.04. The Labute approximate surface area is 155 Å². The third-order valence-electron chi connectivity index (χ3n) is 5.09. The van der Waals surface area contributed by atoms with Crippen LogP contribution >= 0.6 is 0 Å². The van der Waals surface area contributed by atoms with Gasteiger partial charge in [-0.25, -0.2) is 0 Å². The molecule has 26 heavy (non-hydrogen) atoms. The maximum absolute atomic E-state index is 12.5. The first-order chi connectivity index (χ1) is 12.6. The summed E-state index contributed by atoms with van der Waals surface area (Å²) >= 11 is 0. The molecule has 2 amide bonds. The van der Waals surface area contributed by atoms with E-state index in [-0.39, 0.29) is 17.9 Å². The summed E-state index contributed by atoms with van der Waals surface area (Å²) in [4.78, 5) is 23.4. The molecule has 1 saturated carbocycles. The first kappa shape index (κ1) is 18.2. The third-order valence-corrected chi connectivity index (χ3v) is 5.09. The first-order valence-electron chi connectivity index (χ1n) is 9.31. The van der Waals surface area contributed by atoms with Crippen LogP contribution in [0.4, 0.5) is 0 Å². The molecule has 0 unspecified atom stereocenters. The van der Waals surface area contributed by atoms with Crippen LogP contribution in [0, 0.1) is 0 Å². The average molecular weight is 350 g/mol. The van der Waals surface area contributed by atoms with E-state index in [0.29, 0.717) is 18.0 Å². The van der Waals surface area contributed by atoms with Gasteiger partial charge < -0.3 is 10.6 Å². The minimum absolute atomic E-state index is 0.0146. The molecule has 1 fully saturated rings. The molecule has 0 spiro atoms. The molecule has 2 aromatic carbocycles. The van der Waals surface area contributed by atoms with Crippen molar-refractivity contribution in [2.24, 2.45) is 0 Å². The van der Waals surface area contributed by atoms with E-state index in [4.69, 9.17) is 0 Å². The van der Waals surface area contributed by atoms with E-state index in [1.165, 1.54) is 12.5 Å². The SMILES string of the molecule is CC(=O)NCc1ccc(C(=O)NC2CCC(c3ccccc3)CC2)cc1. The van der Waals surface area contributed by atoms with Gasteiger partial charge in [-0.3, -0.25) is 9.59 Å². The van der Waals surface area contributed by atoms with E-state index in [2.05, 4.69) is 41.0 Å². The second-order valence-electron chi connectivity index (χ2n) is 7.04. The van der Waals surface area contributed by atoms with Crippen LogP contribution in [-0.2, 0) is 11.3 Å². The zero-order chi connectivity index (χ0) is 18.4. The van der Waals surface area contributed by atoms with E-state index < -0.39 is 0 Å². The number of rotatable bonds is 5. The molecule has 1 aliphatic carbocycles.